The first-order valence-electron chi connectivity index (χ1n) is 3.64. The van der Waals surface area contributed by atoms with E-state index >= 15 is 0 Å². The predicted molar refractivity (Wildman–Crippen MR) is 43.8 cm³/mol. The lowest BCUT2D eigenvalue weighted by molar-refractivity contribution is -0.137. The number of hydrogen-bond donors (Lipinski definition) is 1. The van der Waals surface area contributed by atoms with Gasteiger partial charge < -0.3 is 10.5 Å². The molecular formula is C7H18FNO2. The average Bonchev–Trinajstić information content (AvgIpc) is 2.10. The molecule has 0 saturated carbocycles. The highest BCUT2D eigenvalue weighted by Crippen LogP contribution is 1.85. The molecule has 0 aromatic carbocycles. The Morgan fingerprint density at radius 3 is 1.64 bits per heavy atom. The number of carbonyl (C=O) groups is 1. The van der Waals surface area contributed by atoms with E-state index in [1.165, 1.54) is 0 Å². The monoisotopic (exact) mass is 167 g/mol. The zero-order chi connectivity index (χ0) is 9.86. The summed E-state index contributed by atoms with van der Waals surface area (Å²) in [5, 5.41) is 0. The summed E-state index contributed by atoms with van der Waals surface area (Å²) in [6.45, 7) is 8.00. The van der Waals surface area contributed by atoms with Gasteiger partial charge >= 0.3 is 0 Å². The molecule has 0 aliphatic rings. The van der Waals surface area contributed by atoms with Gasteiger partial charge in [-0.3, -0.25) is 4.79 Å². The molecule has 0 saturated heterocycles. The van der Waals surface area contributed by atoms with Crippen LogP contribution in [0.1, 0.15) is 27.7 Å². The number of nitrogens with two attached hydrogens (primary N) is 1. The molecule has 0 rings (SSSR count). The van der Waals surface area contributed by atoms with Gasteiger partial charge in [-0.1, -0.05) is 27.7 Å². The third-order valence-corrected chi connectivity index (χ3v) is 0.431. The molecule has 0 spiro atoms. The highest BCUT2D eigenvalue weighted by molar-refractivity contribution is 5.77. The van der Waals surface area contributed by atoms with Gasteiger partial charge in [-0.15, -0.1) is 0 Å². The Morgan fingerprint density at radius 1 is 1.36 bits per heavy atom. The van der Waals surface area contributed by atoms with Crippen molar-refractivity contribution in [2.75, 3.05) is 7.11 Å². The van der Waals surface area contributed by atoms with Gasteiger partial charge in [0.2, 0.25) is 0 Å². The van der Waals surface area contributed by atoms with E-state index in [2.05, 4.69) is 10.5 Å². The molecular weight excluding hydrogens is 149 g/mol. The topological polar surface area (TPSA) is 52.3 Å². The maximum absolute atomic E-state index is 11.6. The smallest absolute Gasteiger partial charge is 0.279 e. The summed E-state index contributed by atoms with van der Waals surface area (Å²) in [7, 11) is 1.06. The van der Waals surface area contributed by atoms with Gasteiger partial charge in [0.15, 0.2) is 0 Å². The van der Waals surface area contributed by atoms with E-state index in [1.807, 2.05) is 27.7 Å². The lowest BCUT2D eigenvalue weighted by atomic mass is 10.6. The molecule has 11 heavy (non-hydrogen) atoms. The van der Waals surface area contributed by atoms with Crippen LogP contribution in [0.15, 0.2) is 0 Å². The fraction of sp³-hybridized carbons (Fsp3) is 0.857. The SMILES string of the molecule is CC.CC.COC(F)C(N)=O. The van der Waals surface area contributed by atoms with Crippen molar-refractivity contribution in [1.82, 2.24) is 0 Å². The number of hydrogen-bond acceptors (Lipinski definition) is 2. The Hall–Kier alpha value is -0.640. The second-order valence-corrected chi connectivity index (χ2v) is 0.954. The second kappa shape index (κ2) is 16.2. The van der Waals surface area contributed by atoms with Crippen LogP contribution in [0.4, 0.5) is 4.39 Å². The first-order valence-corrected chi connectivity index (χ1v) is 3.64. The van der Waals surface area contributed by atoms with Crippen molar-refractivity contribution in [2.24, 2.45) is 5.73 Å². The minimum atomic E-state index is -1.96. The number of methoxy groups -OCH3 is 1. The van der Waals surface area contributed by atoms with Gasteiger partial charge in [0.05, 0.1) is 0 Å². The summed E-state index contributed by atoms with van der Waals surface area (Å²) in [5.74, 6) is -1.09. The first kappa shape index (κ1) is 16.8. The van der Waals surface area contributed by atoms with Crippen molar-refractivity contribution >= 4 is 5.91 Å². The second-order valence-electron chi connectivity index (χ2n) is 0.954. The van der Waals surface area contributed by atoms with E-state index < -0.39 is 12.3 Å². The zero-order valence-electron chi connectivity index (χ0n) is 7.85. The van der Waals surface area contributed by atoms with Gasteiger partial charge in [-0.25, -0.2) is 4.39 Å². The molecule has 2 N–H and O–H groups in total. The van der Waals surface area contributed by atoms with Crippen molar-refractivity contribution in [3.05, 3.63) is 0 Å². The molecule has 0 aromatic rings. The van der Waals surface area contributed by atoms with E-state index in [1.54, 1.807) is 0 Å². The maximum Gasteiger partial charge on any atom is 0.279 e. The number of alkyl halides is 1. The van der Waals surface area contributed by atoms with Gasteiger partial charge in [-0.2, -0.15) is 0 Å². The van der Waals surface area contributed by atoms with E-state index in [0.717, 1.165) is 7.11 Å². The summed E-state index contributed by atoms with van der Waals surface area (Å²) < 4.78 is 15.4. The number of halogens is 1. The molecule has 0 bridgehead atoms. The van der Waals surface area contributed by atoms with Gasteiger partial charge in [-0.05, 0) is 0 Å². The largest absolute Gasteiger partial charge is 0.365 e. The molecule has 0 heterocycles. The zero-order valence-corrected chi connectivity index (χ0v) is 7.85. The molecule has 4 heteroatoms. The Labute approximate surface area is 67.7 Å². The third kappa shape index (κ3) is 17.6. The van der Waals surface area contributed by atoms with Crippen LogP contribution in [0.25, 0.3) is 0 Å². The fourth-order valence-electron chi connectivity index (χ4n) is 0.116. The minimum Gasteiger partial charge on any atom is -0.365 e. The summed E-state index contributed by atoms with van der Waals surface area (Å²) in [4.78, 5) is 9.65. The molecule has 0 radical (unpaired) electrons. The summed E-state index contributed by atoms with van der Waals surface area (Å²) >= 11 is 0. The standard InChI is InChI=1S/C3H6FNO2.2C2H6/c1-7-2(4)3(5)6;2*1-2/h2H,1H3,(H2,5,6);2*1-2H3. The minimum absolute atomic E-state index is 1.06. The molecule has 3 nitrogen and oxygen atoms in total. The lowest BCUT2D eigenvalue weighted by Gasteiger charge is -1.96. The van der Waals surface area contributed by atoms with Crippen molar-refractivity contribution in [3.8, 4) is 0 Å². The van der Waals surface area contributed by atoms with Crippen LogP contribution in [0.5, 0.6) is 0 Å². The van der Waals surface area contributed by atoms with Crippen molar-refractivity contribution in [1.29, 1.82) is 0 Å². The number of carbonyl (C=O) groups excluding carboxylic acids is 1. The van der Waals surface area contributed by atoms with Crippen molar-refractivity contribution in [3.63, 3.8) is 0 Å². The van der Waals surface area contributed by atoms with Crippen molar-refractivity contribution < 1.29 is 13.9 Å². The molecule has 0 aromatic heterocycles. The summed E-state index contributed by atoms with van der Waals surface area (Å²) in [5.41, 5.74) is 4.41. The van der Waals surface area contributed by atoms with Crippen LogP contribution in [-0.4, -0.2) is 19.4 Å². The number of amides is 1. The molecule has 70 valence electrons. The Kier molecular flexibility index (Phi) is 24.6. The highest BCUT2D eigenvalue weighted by Gasteiger charge is 2.08. The Morgan fingerprint density at radius 2 is 1.64 bits per heavy atom. The third-order valence-electron chi connectivity index (χ3n) is 0.431. The number of primary amides is 1. The van der Waals surface area contributed by atoms with E-state index in [4.69, 9.17) is 0 Å². The molecule has 0 fully saturated rings. The lowest BCUT2D eigenvalue weighted by Crippen LogP contribution is -2.25. The highest BCUT2D eigenvalue weighted by atomic mass is 19.1. The van der Waals surface area contributed by atoms with E-state index in [0.29, 0.717) is 0 Å². The molecule has 0 aliphatic carbocycles. The van der Waals surface area contributed by atoms with E-state index in [-0.39, 0.29) is 0 Å². The number of ether oxygens (including phenoxy) is 1. The van der Waals surface area contributed by atoms with Crippen LogP contribution in [0.2, 0.25) is 0 Å². The molecule has 1 unspecified atom stereocenters. The average molecular weight is 167 g/mol. The first-order chi connectivity index (χ1) is 5.18. The fourth-order valence-corrected chi connectivity index (χ4v) is 0.116. The predicted octanol–water partition coefficient (Wildman–Crippen LogP) is 1.47. The number of rotatable bonds is 2. The van der Waals surface area contributed by atoms with Gasteiger partial charge in [0.1, 0.15) is 0 Å². The van der Waals surface area contributed by atoms with Crippen LogP contribution in [-0.2, 0) is 9.53 Å². The van der Waals surface area contributed by atoms with E-state index in [9.17, 15) is 9.18 Å². The molecule has 1 atom stereocenters. The molecule has 0 aliphatic heterocycles. The van der Waals surface area contributed by atoms with Crippen LogP contribution >= 0.6 is 0 Å². The van der Waals surface area contributed by atoms with Crippen LogP contribution < -0.4 is 5.73 Å². The molecule has 1 amide bonds. The summed E-state index contributed by atoms with van der Waals surface area (Å²) in [6, 6.07) is 0. The van der Waals surface area contributed by atoms with Gasteiger partial charge in [0.25, 0.3) is 12.3 Å². The normalized spacial score (nSPS) is 9.64. The van der Waals surface area contributed by atoms with Crippen molar-refractivity contribution in [2.45, 2.75) is 34.1 Å². The van der Waals surface area contributed by atoms with Gasteiger partial charge in [0, 0.05) is 7.11 Å². The quantitative estimate of drug-likeness (QED) is 0.677. The van der Waals surface area contributed by atoms with Crippen LogP contribution in [0, 0.1) is 0 Å². The maximum atomic E-state index is 11.6. The summed E-state index contributed by atoms with van der Waals surface area (Å²) in [6.07, 6.45) is -1.96. The van der Waals surface area contributed by atoms with Crippen LogP contribution in [0.3, 0.4) is 0 Å². The Bertz CT molecular complexity index is 78.8. The Balaban J connectivity index is -0.000000138.